The molecule has 0 fully saturated rings. The van der Waals surface area contributed by atoms with E-state index in [-0.39, 0.29) is 5.28 Å². The van der Waals surface area contributed by atoms with Gasteiger partial charge in [-0.25, -0.2) is 4.98 Å². The van der Waals surface area contributed by atoms with Crippen molar-refractivity contribution in [2.45, 2.75) is 6.61 Å². The van der Waals surface area contributed by atoms with Crippen molar-refractivity contribution in [1.82, 2.24) is 9.97 Å². The third-order valence-electron chi connectivity index (χ3n) is 2.79. The normalized spacial score (nSPS) is 13.5. The van der Waals surface area contributed by atoms with Gasteiger partial charge in [-0.1, -0.05) is 17.7 Å². The molecule has 1 aromatic heterocycles. The molecule has 0 atom stereocenters. The van der Waals surface area contributed by atoms with E-state index in [2.05, 4.69) is 15.3 Å². The van der Waals surface area contributed by atoms with Gasteiger partial charge in [0.1, 0.15) is 5.02 Å². The van der Waals surface area contributed by atoms with E-state index in [0.717, 1.165) is 16.7 Å². The maximum atomic E-state index is 9.65. The second kappa shape index (κ2) is 4.98. The Kier molecular flexibility index (Phi) is 3.32. The van der Waals surface area contributed by atoms with Crippen LogP contribution in [0.1, 0.15) is 5.56 Å². The second-order valence-electron chi connectivity index (χ2n) is 4.04. The summed E-state index contributed by atoms with van der Waals surface area (Å²) in [6, 6.07) is 5.52. The SMILES string of the molecule is OB1OCc2ccc(Nc3nc(Cl)ncc3Cl)cc21. The third kappa shape index (κ3) is 2.53. The van der Waals surface area contributed by atoms with Crippen molar-refractivity contribution >= 4 is 47.3 Å². The molecule has 0 saturated heterocycles. The average molecular weight is 296 g/mol. The number of anilines is 2. The van der Waals surface area contributed by atoms with Gasteiger partial charge in [0.15, 0.2) is 5.82 Å². The Morgan fingerprint density at radius 1 is 1.37 bits per heavy atom. The zero-order valence-corrected chi connectivity index (χ0v) is 11.1. The number of halogens is 2. The van der Waals surface area contributed by atoms with Crippen LogP contribution in [-0.4, -0.2) is 22.1 Å². The Hall–Kier alpha value is -1.34. The molecule has 0 amide bonds. The number of hydrogen-bond acceptors (Lipinski definition) is 5. The number of nitrogens with zero attached hydrogens (tertiary/aromatic N) is 2. The van der Waals surface area contributed by atoms with Crippen LogP contribution in [0.25, 0.3) is 0 Å². The third-order valence-corrected chi connectivity index (χ3v) is 3.24. The van der Waals surface area contributed by atoms with Crippen LogP contribution in [0.2, 0.25) is 10.3 Å². The molecule has 96 valence electrons. The molecule has 8 heteroatoms. The molecule has 0 saturated carbocycles. The van der Waals surface area contributed by atoms with E-state index >= 15 is 0 Å². The Morgan fingerprint density at radius 3 is 3.05 bits per heavy atom. The van der Waals surface area contributed by atoms with Crippen molar-refractivity contribution in [3.8, 4) is 0 Å². The van der Waals surface area contributed by atoms with Crippen LogP contribution < -0.4 is 10.8 Å². The quantitative estimate of drug-likeness (QED) is 0.652. The first-order valence-electron chi connectivity index (χ1n) is 5.51. The van der Waals surface area contributed by atoms with Gasteiger partial charge in [-0.15, -0.1) is 0 Å². The first kappa shape index (κ1) is 12.7. The van der Waals surface area contributed by atoms with Gasteiger partial charge in [-0.3, -0.25) is 0 Å². The fourth-order valence-corrected chi connectivity index (χ4v) is 2.13. The van der Waals surface area contributed by atoms with Crippen molar-refractivity contribution in [2.75, 3.05) is 5.32 Å². The maximum Gasteiger partial charge on any atom is 0.491 e. The maximum absolute atomic E-state index is 9.65. The van der Waals surface area contributed by atoms with E-state index in [1.807, 2.05) is 12.1 Å². The molecule has 0 aliphatic carbocycles. The minimum atomic E-state index is -0.888. The average Bonchev–Trinajstić information content (AvgIpc) is 2.76. The largest absolute Gasteiger partial charge is 0.491 e. The first-order chi connectivity index (χ1) is 9.13. The summed E-state index contributed by atoms with van der Waals surface area (Å²) in [5.74, 6) is 0.412. The summed E-state index contributed by atoms with van der Waals surface area (Å²) in [5, 5.41) is 13.1. The minimum absolute atomic E-state index is 0.108. The fraction of sp³-hybridized carbons (Fsp3) is 0.0909. The van der Waals surface area contributed by atoms with E-state index in [1.54, 1.807) is 6.07 Å². The van der Waals surface area contributed by atoms with Crippen LogP contribution in [0, 0.1) is 0 Å². The van der Waals surface area contributed by atoms with Crippen molar-refractivity contribution in [3.05, 3.63) is 40.3 Å². The fourth-order valence-electron chi connectivity index (χ4n) is 1.86. The molecular weight excluding hydrogens is 288 g/mol. The lowest BCUT2D eigenvalue weighted by molar-refractivity contribution is 0.275. The van der Waals surface area contributed by atoms with E-state index in [1.165, 1.54) is 6.20 Å². The molecular formula is C11H8BCl2N3O2. The van der Waals surface area contributed by atoms with Crippen molar-refractivity contribution in [3.63, 3.8) is 0 Å². The van der Waals surface area contributed by atoms with E-state index in [4.69, 9.17) is 27.9 Å². The number of aromatic nitrogens is 2. The highest BCUT2D eigenvalue weighted by molar-refractivity contribution is 6.61. The molecule has 1 aliphatic heterocycles. The predicted octanol–water partition coefficient (Wildman–Crippen LogP) is 1.74. The molecule has 5 nitrogen and oxygen atoms in total. The smallest absolute Gasteiger partial charge is 0.423 e. The van der Waals surface area contributed by atoms with Crippen molar-refractivity contribution in [1.29, 1.82) is 0 Å². The molecule has 2 heterocycles. The summed E-state index contributed by atoms with van der Waals surface area (Å²) in [6.45, 7) is 0.414. The molecule has 19 heavy (non-hydrogen) atoms. The zero-order valence-electron chi connectivity index (χ0n) is 9.60. The molecule has 1 aliphatic rings. The van der Waals surface area contributed by atoms with E-state index in [9.17, 15) is 5.02 Å². The minimum Gasteiger partial charge on any atom is -0.423 e. The molecule has 1 aromatic carbocycles. The summed E-state index contributed by atoms with van der Waals surface area (Å²) in [4.78, 5) is 7.77. The van der Waals surface area contributed by atoms with Crippen molar-refractivity contribution < 1.29 is 9.68 Å². The standard InChI is InChI=1S/C11H8BCl2N3O2/c13-9-4-15-11(14)17-10(9)16-7-2-1-6-5-19-12(18)8(6)3-7/h1-4,18H,5H2,(H,15,16,17). The number of nitrogens with one attached hydrogen (secondary N) is 1. The Balaban J connectivity index is 1.92. The summed E-state index contributed by atoms with van der Waals surface area (Å²) >= 11 is 11.7. The highest BCUT2D eigenvalue weighted by Crippen LogP contribution is 2.24. The monoisotopic (exact) mass is 295 g/mol. The number of rotatable bonds is 2. The molecule has 0 radical (unpaired) electrons. The van der Waals surface area contributed by atoms with Gasteiger partial charge in [0.25, 0.3) is 0 Å². The van der Waals surface area contributed by atoms with Gasteiger partial charge in [0, 0.05) is 5.69 Å². The summed E-state index contributed by atoms with van der Waals surface area (Å²) in [5.41, 5.74) is 2.44. The molecule has 0 unspecified atom stereocenters. The van der Waals surface area contributed by atoms with Gasteiger partial charge in [0.2, 0.25) is 5.28 Å². The highest BCUT2D eigenvalue weighted by Gasteiger charge is 2.27. The zero-order chi connectivity index (χ0) is 13.4. The van der Waals surface area contributed by atoms with Crippen LogP contribution in [-0.2, 0) is 11.3 Å². The Bertz CT molecular complexity index is 641. The molecule has 0 spiro atoms. The molecule has 2 N–H and O–H groups in total. The number of benzene rings is 1. The van der Waals surface area contributed by atoms with Gasteiger partial charge >= 0.3 is 7.12 Å². The van der Waals surface area contributed by atoms with Gasteiger partial charge in [-0.2, -0.15) is 4.98 Å². The molecule has 3 rings (SSSR count). The molecule has 0 bridgehead atoms. The van der Waals surface area contributed by atoms with E-state index in [0.29, 0.717) is 17.4 Å². The Labute approximate surface area is 119 Å². The first-order valence-corrected chi connectivity index (χ1v) is 6.26. The van der Waals surface area contributed by atoms with Crippen LogP contribution >= 0.6 is 23.2 Å². The lowest BCUT2D eigenvalue weighted by Gasteiger charge is -2.08. The topological polar surface area (TPSA) is 67.3 Å². The summed E-state index contributed by atoms with van der Waals surface area (Å²) < 4.78 is 5.13. The highest BCUT2D eigenvalue weighted by atomic mass is 35.5. The predicted molar refractivity (Wildman–Crippen MR) is 74.2 cm³/mol. The van der Waals surface area contributed by atoms with Crippen LogP contribution in [0.3, 0.4) is 0 Å². The number of hydrogen-bond donors (Lipinski definition) is 2. The van der Waals surface area contributed by atoms with Crippen LogP contribution in [0.15, 0.2) is 24.4 Å². The second-order valence-corrected chi connectivity index (χ2v) is 4.78. The summed E-state index contributed by atoms with van der Waals surface area (Å²) in [7, 11) is -0.888. The lowest BCUT2D eigenvalue weighted by atomic mass is 9.79. The van der Waals surface area contributed by atoms with Crippen molar-refractivity contribution in [2.24, 2.45) is 0 Å². The molecule has 2 aromatic rings. The number of fused-ring (bicyclic) bond motifs is 1. The van der Waals surface area contributed by atoms with E-state index < -0.39 is 7.12 Å². The van der Waals surface area contributed by atoms with Crippen LogP contribution in [0.5, 0.6) is 0 Å². The van der Waals surface area contributed by atoms with Crippen LogP contribution in [0.4, 0.5) is 11.5 Å². The summed E-state index contributed by atoms with van der Waals surface area (Å²) in [6.07, 6.45) is 1.42. The van der Waals surface area contributed by atoms with Gasteiger partial charge in [-0.05, 0) is 34.8 Å². The van der Waals surface area contributed by atoms with Gasteiger partial charge in [0.05, 0.1) is 12.8 Å². The Morgan fingerprint density at radius 2 is 2.21 bits per heavy atom. The lowest BCUT2D eigenvalue weighted by Crippen LogP contribution is -2.28. The van der Waals surface area contributed by atoms with Gasteiger partial charge < -0.3 is 15.0 Å².